The highest BCUT2D eigenvalue weighted by atomic mass is 32.2. The van der Waals surface area contributed by atoms with Gasteiger partial charge in [-0.3, -0.25) is 4.79 Å². The molecule has 0 aliphatic heterocycles. The molecule has 0 fully saturated rings. The van der Waals surface area contributed by atoms with Crippen molar-refractivity contribution in [3.8, 4) is 11.5 Å². The fourth-order valence-corrected chi connectivity index (χ4v) is 3.31. The van der Waals surface area contributed by atoms with E-state index in [0.29, 0.717) is 34.4 Å². The summed E-state index contributed by atoms with van der Waals surface area (Å²) in [4.78, 5) is 17.1. The Labute approximate surface area is 155 Å². The number of carbonyl (C=O) groups excluding carboxylic acids is 1. The fourth-order valence-electron chi connectivity index (χ4n) is 2.45. The van der Waals surface area contributed by atoms with E-state index in [1.54, 1.807) is 32.4 Å². The maximum atomic E-state index is 12.7. The lowest BCUT2D eigenvalue weighted by atomic mass is 10.2. The third-order valence-corrected chi connectivity index (χ3v) is 5.01. The zero-order chi connectivity index (χ0) is 18.5. The number of benzene rings is 2. The minimum absolute atomic E-state index is 0.130. The topological polar surface area (TPSA) is 73.6 Å². The molecule has 0 radical (unpaired) electrons. The van der Waals surface area contributed by atoms with Crippen LogP contribution in [0.4, 0.5) is 5.69 Å². The molecule has 1 amide bonds. The van der Waals surface area contributed by atoms with Crippen LogP contribution in [0, 0.1) is 0 Å². The second-order valence-electron chi connectivity index (χ2n) is 5.55. The predicted octanol–water partition coefficient (Wildman–Crippen LogP) is 4.35. The molecule has 0 bridgehead atoms. The van der Waals surface area contributed by atoms with Crippen molar-refractivity contribution in [2.75, 3.05) is 19.5 Å². The standard InChI is InChI=1S/C19H20N2O4S/c1-4-17(26-19-21-15-7-5-6-8-16(15)25-19)18(22)20-12-9-13(23-2)11-14(10-12)24-3/h5-11,17H,4H2,1-3H3,(H,20,22). The minimum Gasteiger partial charge on any atom is -0.497 e. The van der Waals surface area contributed by atoms with Gasteiger partial charge in [0.15, 0.2) is 5.58 Å². The second kappa shape index (κ2) is 8.14. The van der Waals surface area contributed by atoms with Crippen LogP contribution in [-0.2, 0) is 4.79 Å². The largest absolute Gasteiger partial charge is 0.497 e. The number of para-hydroxylation sites is 2. The summed E-state index contributed by atoms with van der Waals surface area (Å²) in [5.41, 5.74) is 2.11. The van der Waals surface area contributed by atoms with Gasteiger partial charge < -0.3 is 19.2 Å². The first-order chi connectivity index (χ1) is 12.6. The van der Waals surface area contributed by atoms with Crippen LogP contribution in [0.1, 0.15) is 13.3 Å². The summed E-state index contributed by atoms with van der Waals surface area (Å²) < 4.78 is 16.2. The lowest BCUT2D eigenvalue weighted by Gasteiger charge is -2.14. The summed E-state index contributed by atoms with van der Waals surface area (Å²) in [6.45, 7) is 1.95. The number of hydrogen-bond donors (Lipinski definition) is 1. The van der Waals surface area contributed by atoms with Crippen molar-refractivity contribution in [2.24, 2.45) is 0 Å². The van der Waals surface area contributed by atoms with E-state index in [-0.39, 0.29) is 11.2 Å². The number of carbonyl (C=O) groups is 1. The number of anilines is 1. The van der Waals surface area contributed by atoms with Crippen molar-refractivity contribution in [1.82, 2.24) is 4.98 Å². The van der Waals surface area contributed by atoms with Gasteiger partial charge in [-0.2, -0.15) is 0 Å². The zero-order valence-corrected chi connectivity index (χ0v) is 15.6. The van der Waals surface area contributed by atoms with Gasteiger partial charge in [-0.05, 0) is 18.6 Å². The first-order valence-corrected chi connectivity index (χ1v) is 9.07. The second-order valence-corrected chi connectivity index (χ2v) is 6.71. The SMILES string of the molecule is CCC(Sc1nc2ccccc2o1)C(=O)Nc1cc(OC)cc(OC)c1. The Hall–Kier alpha value is -2.67. The van der Waals surface area contributed by atoms with Crippen LogP contribution in [0.3, 0.4) is 0 Å². The molecule has 1 N–H and O–H groups in total. The number of thioether (sulfide) groups is 1. The molecule has 3 aromatic rings. The van der Waals surface area contributed by atoms with Gasteiger partial charge in [0.2, 0.25) is 5.91 Å². The highest BCUT2D eigenvalue weighted by Gasteiger charge is 2.21. The highest BCUT2D eigenvalue weighted by molar-refractivity contribution is 8.00. The molecule has 1 heterocycles. The van der Waals surface area contributed by atoms with Crippen LogP contribution in [0.2, 0.25) is 0 Å². The molecule has 1 atom stereocenters. The minimum atomic E-state index is -0.333. The molecule has 1 aromatic heterocycles. The molecule has 0 saturated carbocycles. The molecule has 7 heteroatoms. The summed E-state index contributed by atoms with van der Waals surface area (Å²) in [7, 11) is 3.14. The van der Waals surface area contributed by atoms with Crippen LogP contribution in [-0.4, -0.2) is 30.4 Å². The van der Waals surface area contributed by atoms with Gasteiger partial charge in [0.1, 0.15) is 17.0 Å². The molecule has 26 heavy (non-hydrogen) atoms. The Morgan fingerprint density at radius 2 is 1.88 bits per heavy atom. The average molecular weight is 372 g/mol. The molecule has 3 rings (SSSR count). The Bertz CT molecular complexity index is 854. The van der Waals surface area contributed by atoms with Gasteiger partial charge in [0.25, 0.3) is 5.22 Å². The third-order valence-electron chi connectivity index (χ3n) is 3.80. The van der Waals surface area contributed by atoms with E-state index >= 15 is 0 Å². The number of nitrogens with one attached hydrogen (secondary N) is 1. The molecule has 1 unspecified atom stereocenters. The molecule has 0 spiro atoms. The lowest BCUT2D eigenvalue weighted by molar-refractivity contribution is -0.115. The number of nitrogens with zero attached hydrogens (tertiary/aromatic N) is 1. The Morgan fingerprint density at radius 1 is 1.19 bits per heavy atom. The number of hydrogen-bond acceptors (Lipinski definition) is 6. The lowest BCUT2D eigenvalue weighted by Crippen LogP contribution is -2.24. The fraction of sp³-hybridized carbons (Fsp3) is 0.263. The molecule has 0 aliphatic carbocycles. The summed E-state index contributed by atoms with van der Waals surface area (Å²) in [5, 5.41) is 3.06. The molecular weight excluding hydrogens is 352 g/mol. The number of fused-ring (bicyclic) bond motifs is 1. The third kappa shape index (κ3) is 4.11. The van der Waals surface area contributed by atoms with Gasteiger partial charge >= 0.3 is 0 Å². The van der Waals surface area contributed by atoms with E-state index in [1.165, 1.54) is 11.8 Å². The summed E-state index contributed by atoms with van der Waals surface area (Å²) >= 11 is 1.31. The molecule has 136 valence electrons. The van der Waals surface area contributed by atoms with Crippen molar-refractivity contribution in [2.45, 2.75) is 23.8 Å². The van der Waals surface area contributed by atoms with E-state index in [1.807, 2.05) is 31.2 Å². The van der Waals surface area contributed by atoms with Gasteiger partial charge in [0, 0.05) is 23.9 Å². The maximum absolute atomic E-state index is 12.7. The molecule has 0 aliphatic rings. The van der Waals surface area contributed by atoms with Crippen LogP contribution < -0.4 is 14.8 Å². The van der Waals surface area contributed by atoms with Crippen LogP contribution >= 0.6 is 11.8 Å². The average Bonchev–Trinajstić information content (AvgIpc) is 3.08. The molecule has 6 nitrogen and oxygen atoms in total. The number of ether oxygens (including phenoxy) is 2. The van der Waals surface area contributed by atoms with Crippen LogP contribution in [0.15, 0.2) is 52.1 Å². The zero-order valence-electron chi connectivity index (χ0n) is 14.8. The Balaban J connectivity index is 1.74. The molecule has 0 saturated heterocycles. The number of aromatic nitrogens is 1. The monoisotopic (exact) mass is 372 g/mol. The molecule has 2 aromatic carbocycles. The number of oxazole rings is 1. The van der Waals surface area contributed by atoms with Crippen molar-refractivity contribution in [1.29, 1.82) is 0 Å². The van der Waals surface area contributed by atoms with E-state index in [2.05, 4.69) is 10.3 Å². The first kappa shape index (κ1) is 18.1. The Kier molecular flexibility index (Phi) is 5.68. The number of rotatable bonds is 7. The summed E-state index contributed by atoms with van der Waals surface area (Å²) in [5.74, 6) is 1.09. The maximum Gasteiger partial charge on any atom is 0.257 e. The van der Waals surface area contributed by atoms with Gasteiger partial charge in [0.05, 0.1) is 19.5 Å². The van der Waals surface area contributed by atoms with E-state index in [0.717, 1.165) is 5.52 Å². The highest BCUT2D eigenvalue weighted by Crippen LogP contribution is 2.30. The first-order valence-electron chi connectivity index (χ1n) is 8.19. The normalized spacial score (nSPS) is 12.0. The van der Waals surface area contributed by atoms with Gasteiger partial charge in [-0.15, -0.1) is 0 Å². The van der Waals surface area contributed by atoms with E-state index in [9.17, 15) is 4.79 Å². The smallest absolute Gasteiger partial charge is 0.257 e. The van der Waals surface area contributed by atoms with Crippen LogP contribution in [0.5, 0.6) is 11.5 Å². The summed E-state index contributed by atoms with van der Waals surface area (Å²) in [6.07, 6.45) is 0.635. The summed E-state index contributed by atoms with van der Waals surface area (Å²) in [6, 6.07) is 12.8. The van der Waals surface area contributed by atoms with Crippen LogP contribution in [0.25, 0.3) is 11.1 Å². The van der Waals surface area contributed by atoms with Crippen molar-refractivity contribution in [3.05, 3.63) is 42.5 Å². The number of amides is 1. The van der Waals surface area contributed by atoms with Gasteiger partial charge in [-0.25, -0.2) is 4.98 Å². The Morgan fingerprint density at radius 3 is 2.50 bits per heavy atom. The quantitative estimate of drug-likeness (QED) is 0.622. The number of methoxy groups -OCH3 is 2. The van der Waals surface area contributed by atoms with E-state index < -0.39 is 0 Å². The molecular formula is C19H20N2O4S. The van der Waals surface area contributed by atoms with Crippen molar-refractivity contribution < 1.29 is 18.7 Å². The van der Waals surface area contributed by atoms with Crippen molar-refractivity contribution >= 4 is 34.5 Å². The van der Waals surface area contributed by atoms with Gasteiger partial charge in [-0.1, -0.05) is 30.8 Å². The predicted molar refractivity (Wildman–Crippen MR) is 102 cm³/mol. The van der Waals surface area contributed by atoms with Crippen molar-refractivity contribution in [3.63, 3.8) is 0 Å². The van der Waals surface area contributed by atoms with E-state index in [4.69, 9.17) is 13.9 Å².